The van der Waals surface area contributed by atoms with Gasteiger partial charge in [-0.25, -0.2) is 4.68 Å². The van der Waals surface area contributed by atoms with Gasteiger partial charge in [-0.2, -0.15) is 36.5 Å². The number of benzene rings is 1. The molecule has 1 N–H and O–H groups in total. The third-order valence-electron chi connectivity index (χ3n) is 5.33. The van der Waals surface area contributed by atoms with E-state index in [0.29, 0.717) is 12.1 Å². The van der Waals surface area contributed by atoms with Crippen LogP contribution in [0, 0.1) is 0 Å². The maximum atomic E-state index is 13.0. The largest absolute Gasteiger partial charge is 0.471 e. The van der Waals surface area contributed by atoms with Crippen LogP contribution in [0.2, 0.25) is 0 Å². The van der Waals surface area contributed by atoms with Gasteiger partial charge in [0.15, 0.2) is 12.4 Å². The number of rotatable bonds is 9. The number of aryl methyl sites for hydroxylation is 1. The van der Waals surface area contributed by atoms with Crippen LogP contribution in [0.5, 0.6) is 5.75 Å². The first-order valence-corrected chi connectivity index (χ1v) is 10.8. The lowest BCUT2D eigenvalue weighted by atomic mass is 10.2. The number of ether oxygens (including phenoxy) is 1. The second-order valence-electron chi connectivity index (χ2n) is 8.10. The summed E-state index contributed by atoms with van der Waals surface area (Å²) in [5, 5.41) is 10.3. The van der Waals surface area contributed by atoms with Crippen molar-refractivity contribution in [2.75, 3.05) is 6.54 Å². The molecule has 1 amide bonds. The van der Waals surface area contributed by atoms with E-state index in [1.807, 2.05) is 0 Å². The number of alkyl halides is 6. The number of halogens is 6. The van der Waals surface area contributed by atoms with Gasteiger partial charge in [-0.05, 0) is 49.6 Å². The third kappa shape index (κ3) is 6.34. The zero-order valence-corrected chi connectivity index (χ0v) is 18.2. The molecule has 0 saturated heterocycles. The van der Waals surface area contributed by atoms with Crippen molar-refractivity contribution in [1.82, 2.24) is 24.9 Å². The highest BCUT2D eigenvalue weighted by Gasteiger charge is 2.37. The van der Waals surface area contributed by atoms with Crippen molar-refractivity contribution < 1.29 is 35.9 Å². The Balaban J connectivity index is 1.25. The summed E-state index contributed by atoms with van der Waals surface area (Å²) in [4.78, 5) is 12.3. The highest BCUT2D eigenvalue weighted by Crippen LogP contribution is 2.42. The summed E-state index contributed by atoms with van der Waals surface area (Å²) in [5.74, 6) is -0.406. The highest BCUT2D eigenvalue weighted by atomic mass is 19.4. The molecule has 13 heteroatoms. The second-order valence-corrected chi connectivity index (χ2v) is 8.10. The van der Waals surface area contributed by atoms with Gasteiger partial charge in [0.1, 0.15) is 11.4 Å². The molecule has 3 aromatic rings. The molecule has 1 aliphatic rings. The predicted molar refractivity (Wildman–Crippen MR) is 110 cm³/mol. The number of carbonyl (C=O) groups is 1. The van der Waals surface area contributed by atoms with E-state index in [-0.39, 0.29) is 37.2 Å². The summed E-state index contributed by atoms with van der Waals surface area (Å²) in [7, 11) is 0. The molecular formula is C22H21F6N5O2. The average molecular weight is 501 g/mol. The number of carbonyl (C=O) groups excluding carboxylic acids is 1. The molecule has 2 heterocycles. The fraction of sp³-hybridized carbons (Fsp3) is 0.409. The minimum absolute atomic E-state index is 0.000745. The fourth-order valence-corrected chi connectivity index (χ4v) is 3.44. The molecule has 1 saturated carbocycles. The maximum Gasteiger partial charge on any atom is 0.435 e. The molecule has 0 aliphatic heterocycles. The lowest BCUT2D eigenvalue weighted by Gasteiger charge is -2.10. The monoisotopic (exact) mass is 501 g/mol. The summed E-state index contributed by atoms with van der Waals surface area (Å²) >= 11 is 0. The number of hydrogen-bond acceptors (Lipinski definition) is 4. The molecule has 0 bridgehead atoms. The van der Waals surface area contributed by atoms with Crippen LogP contribution in [0.3, 0.4) is 0 Å². The van der Waals surface area contributed by atoms with E-state index in [4.69, 9.17) is 4.74 Å². The number of aromatic nitrogens is 4. The normalized spacial score (nSPS) is 14.2. The molecule has 0 unspecified atom stereocenters. The van der Waals surface area contributed by atoms with Crippen LogP contribution < -0.4 is 10.1 Å². The Morgan fingerprint density at radius 2 is 1.83 bits per heavy atom. The Bertz CT molecular complexity index is 1180. The van der Waals surface area contributed by atoms with Crippen LogP contribution in [-0.2, 0) is 25.6 Å². The minimum Gasteiger partial charge on any atom is -0.471 e. The Morgan fingerprint density at radius 3 is 2.51 bits per heavy atom. The zero-order valence-electron chi connectivity index (χ0n) is 18.2. The van der Waals surface area contributed by atoms with E-state index in [9.17, 15) is 31.1 Å². The van der Waals surface area contributed by atoms with Crippen molar-refractivity contribution in [2.45, 2.75) is 50.8 Å². The second kappa shape index (κ2) is 9.62. The van der Waals surface area contributed by atoms with Crippen LogP contribution in [0.15, 0.2) is 42.6 Å². The van der Waals surface area contributed by atoms with Gasteiger partial charge in [0.2, 0.25) is 0 Å². The first-order chi connectivity index (χ1) is 16.5. The average Bonchev–Trinajstić information content (AvgIpc) is 3.35. The van der Waals surface area contributed by atoms with E-state index in [0.717, 1.165) is 31.0 Å². The Morgan fingerprint density at radius 1 is 1.06 bits per heavy atom. The molecule has 2 aromatic heterocycles. The molecule has 0 atom stereocenters. The van der Waals surface area contributed by atoms with Gasteiger partial charge in [0.05, 0.1) is 5.56 Å². The van der Waals surface area contributed by atoms with Crippen molar-refractivity contribution in [3.63, 3.8) is 0 Å². The van der Waals surface area contributed by atoms with Gasteiger partial charge in [-0.3, -0.25) is 9.48 Å². The van der Waals surface area contributed by atoms with E-state index >= 15 is 0 Å². The molecule has 1 aromatic carbocycles. The predicted octanol–water partition coefficient (Wildman–Crippen LogP) is 4.85. The smallest absolute Gasteiger partial charge is 0.435 e. The molecule has 1 fully saturated rings. The summed E-state index contributed by atoms with van der Waals surface area (Å²) in [5.41, 5.74) is -1.14. The first kappa shape index (κ1) is 24.6. The topological polar surface area (TPSA) is 74.0 Å². The van der Waals surface area contributed by atoms with Crippen LogP contribution in [-0.4, -0.2) is 32.0 Å². The maximum absolute atomic E-state index is 13.0. The Labute approximate surface area is 195 Å². The molecule has 1 aliphatic carbocycles. The highest BCUT2D eigenvalue weighted by molar-refractivity contribution is 5.92. The fourth-order valence-electron chi connectivity index (χ4n) is 3.44. The summed E-state index contributed by atoms with van der Waals surface area (Å²) in [6.45, 7) is 0.207. The van der Waals surface area contributed by atoms with Crippen LogP contribution in [0.1, 0.15) is 52.6 Å². The molecule has 0 spiro atoms. The lowest BCUT2D eigenvalue weighted by Crippen LogP contribution is -2.26. The SMILES string of the molecule is O=C(NCCCn1nc(C(F)(F)F)cc1C1CC1)c1ccn(COc2cccc(C(F)(F)F)c2)n1. The summed E-state index contributed by atoms with van der Waals surface area (Å²) in [6.07, 6.45) is -5.53. The van der Waals surface area contributed by atoms with Crippen molar-refractivity contribution in [1.29, 1.82) is 0 Å². The van der Waals surface area contributed by atoms with Crippen molar-refractivity contribution >= 4 is 5.91 Å². The van der Waals surface area contributed by atoms with E-state index in [2.05, 4.69) is 15.5 Å². The van der Waals surface area contributed by atoms with Gasteiger partial charge >= 0.3 is 12.4 Å². The number of nitrogens with one attached hydrogen (secondary N) is 1. The minimum atomic E-state index is -4.51. The number of nitrogens with zero attached hydrogens (tertiary/aromatic N) is 4. The molecule has 35 heavy (non-hydrogen) atoms. The van der Waals surface area contributed by atoms with Crippen LogP contribution >= 0.6 is 0 Å². The molecule has 188 valence electrons. The van der Waals surface area contributed by atoms with Crippen LogP contribution in [0.4, 0.5) is 26.3 Å². The lowest BCUT2D eigenvalue weighted by molar-refractivity contribution is -0.141. The third-order valence-corrected chi connectivity index (χ3v) is 5.33. The molecule has 4 rings (SSSR count). The van der Waals surface area contributed by atoms with Gasteiger partial charge in [0.25, 0.3) is 5.91 Å². The van der Waals surface area contributed by atoms with E-state index in [1.165, 1.54) is 33.8 Å². The van der Waals surface area contributed by atoms with Gasteiger partial charge in [0, 0.05) is 30.9 Å². The molecular weight excluding hydrogens is 480 g/mol. The number of amides is 1. The van der Waals surface area contributed by atoms with E-state index < -0.39 is 29.5 Å². The van der Waals surface area contributed by atoms with Gasteiger partial charge in [-0.1, -0.05) is 6.07 Å². The zero-order chi connectivity index (χ0) is 25.2. The number of hydrogen-bond donors (Lipinski definition) is 1. The van der Waals surface area contributed by atoms with Crippen LogP contribution in [0.25, 0.3) is 0 Å². The Kier molecular flexibility index (Phi) is 6.77. The quantitative estimate of drug-likeness (QED) is 0.336. The summed E-state index contributed by atoms with van der Waals surface area (Å²) < 4.78 is 85.2. The van der Waals surface area contributed by atoms with E-state index in [1.54, 1.807) is 0 Å². The van der Waals surface area contributed by atoms with Crippen molar-refractivity contribution in [3.05, 3.63) is 65.2 Å². The molecule has 7 nitrogen and oxygen atoms in total. The van der Waals surface area contributed by atoms with Crippen molar-refractivity contribution in [2.24, 2.45) is 0 Å². The van der Waals surface area contributed by atoms with Gasteiger partial charge in [-0.15, -0.1) is 0 Å². The van der Waals surface area contributed by atoms with Gasteiger partial charge < -0.3 is 10.1 Å². The first-order valence-electron chi connectivity index (χ1n) is 10.8. The Hall–Kier alpha value is -3.51. The summed E-state index contributed by atoms with van der Waals surface area (Å²) in [6, 6.07) is 6.89. The van der Waals surface area contributed by atoms with Crippen molar-refractivity contribution in [3.8, 4) is 5.75 Å². The molecule has 0 radical (unpaired) electrons. The standard InChI is InChI=1S/C22H21F6N5O2/c23-21(24,25)15-3-1-4-16(11-15)35-13-32-10-7-17(30-32)20(34)29-8-2-9-33-18(14-5-6-14)12-19(31-33)22(26,27)28/h1,3-4,7,10-12,14H,2,5-6,8-9,13H2,(H,29,34).